The number of unbranched alkanes of at least 4 members (excludes halogenated alkanes) is 2. The van der Waals surface area contributed by atoms with Crippen molar-refractivity contribution in [1.82, 2.24) is 0 Å². The highest BCUT2D eigenvalue weighted by Crippen LogP contribution is 2.48. The number of hydrogen-bond donors (Lipinski definition) is 0. The summed E-state index contributed by atoms with van der Waals surface area (Å²) in [6, 6.07) is 0. The van der Waals surface area contributed by atoms with Gasteiger partial charge in [-0.05, 0) is 32.1 Å². The lowest BCUT2D eigenvalue weighted by Crippen LogP contribution is -2.51. The molecule has 1 saturated heterocycles. The lowest BCUT2D eigenvalue weighted by Gasteiger charge is -2.28. The fourth-order valence-corrected chi connectivity index (χ4v) is 2.05. The first-order valence-corrected chi connectivity index (χ1v) is 7.13. The summed E-state index contributed by atoms with van der Waals surface area (Å²) in [6.45, 7) is 0.787. The average Bonchev–Trinajstić information content (AvgIpc) is 2.42. The minimum Gasteiger partial charge on any atom is -0.353 e. The maximum absolute atomic E-state index is 13.0. The third-order valence-corrected chi connectivity index (χ3v) is 3.39. The van der Waals surface area contributed by atoms with Gasteiger partial charge in [-0.25, -0.2) is 0 Å². The van der Waals surface area contributed by atoms with E-state index in [-0.39, 0.29) is 19.3 Å². The Morgan fingerprint density at radius 1 is 0.909 bits per heavy atom. The van der Waals surface area contributed by atoms with Crippen LogP contribution in [0.4, 0.5) is 30.7 Å². The molecule has 0 aliphatic carbocycles. The zero-order valence-corrected chi connectivity index (χ0v) is 11.9. The van der Waals surface area contributed by atoms with Crippen LogP contribution in [-0.4, -0.2) is 37.5 Å². The van der Waals surface area contributed by atoms with Crippen LogP contribution >= 0.6 is 0 Å². The van der Waals surface area contributed by atoms with Gasteiger partial charge in [0, 0.05) is 19.6 Å². The monoisotopic (exact) mass is 340 g/mol. The van der Waals surface area contributed by atoms with Crippen molar-refractivity contribution >= 4 is 0 Å². The van der Waals surface area contributed by atoms with Crippen LogP contribution < -0.4 is 0 Å². The standard InChI is InChI=1S/C13H19F7O2/c14-11(15,12(16,17)13(18,19)20)7-3-1-4-8-21-10-6-2-5-9-22-10/h10H,1-9H2. The quantitative estimate of drug-likeness (QED) is 0.461. The molecule has 1 atom stereocenters. The Kier molecular flexibility index (Phi) is 6.91. The molecule has 0 N–H and O–H groups in total. The summed E-state index contributed by atoms with van der Waals surface area (Å²) in [5.74, 6) is -11.1. The van der Waals surface area contributed by atoms with Gasteiger partial charge in [-0.3, -0.25) is 0 Å². The fourth-order valence-electron chi connectivity index (χ4n) is 2.05. The van der Waals surface area contributed by atoms with Crippen LogP contribution in [0.25, 0.3) is 0 Å². The molecule has 0 amide bonds. The van der Waals surface area contributed by atoms with Crippen molar-refractivity contribution in [3.63, 3.8) is 0 Å². The summed E-state index contributed by atoms with van der Waals surface area (Å²) in [5, 5.41) is 0. The Hall–Kier alpha value is -0.570. The molecule has 1 rings (SSSR count). The van der Waals surface area contributed by atoms with Crippen LogP contribution in [0, 0.1) is 0 Å². The molecule has 0 aromatic heterocycles. The van der Waals surface area contributed by atoms with Crippen LogP contribution in [0.2, 0.25) is 0 Å². The Morgan fingerprint density at radius 2 is 1.59 bits per heavy atom. The zero-order valence-electron chi connectivity index (χ0n) is 11.9. The van der Waals surface area contributed by atoms with E-state index in [1.807, 2.05) is 0 Å². The third-order valence-electron chi connectivity index (χ3n) is 3.39. The Bertz CT molecular complexity index is 325. The molecule has 132 valence electrons. The molecule has 1 aliphatic heterocycles. The topological polar surface area (TPSA) is 18.5 Å². The second-order valence-electron chi connectivity index (χ2n) is 5.25. The lowest BCUT2D eigenvalue weighted by atomic mass is 10.0. The summed E-state index contributed by atoms with van der Waals surface area (Å²) in [4.78, 5) is 0. The molecule has 22 heavy (non-hydrogen) atoms. The first-order chi connectivity index (χ1) is 10.1. The van der Waals surface area contributed by atoms with Crippen molar-refractivity contribution in [1.29, 1.82) is 0 Å². The maximum Gasteiger partial charge on any atom is 0.459 e. The molecular formula is C13H19F7O2. The molecule has 0 bridgehead atoms. The van der Waals surface area contributed by atoms with Gasteiger partial charge in [0.15, 0.2) is 6.29 Å². The maximum atomic E-state index is 13.0. The third kappa shape index (κ3) is 5.26. The van der Waals surface area contributed by atoms with Crippen LogP contribution in [-0.2, 0) is 9.47 Å². The second kappa shape index (κ2) is 7.81. The normalized spacial score (nSPS) is 21.1. The van der Waals surface area contributed by atoms with E-state index in [2.05, 4.69) is 0 Å². The molecule has 1 heterocycles. The van der Waals surface area contributed by atoms with Crippen LogP contribution in [0.1, 0.15) is 44.9 Å². The largest absolute Gasteiger partial charge is 0.459 e. The lowest BCUT2D eigenvalue weighted by molar-refractivity contribution is -0.355. The van der Waals surface area contributed by atoms with Crippen molar-refractivity contribution in [3.8, 4) is 0 Å². The minimum atomic E-state index is -6.25. The Morgan fingerprint density at radius 3 is 2.14 bits per heavy atom. The molecule has 2 nitrogen and oxygen atoms in total. The number of rotatable bonds is 8. The summed E-state index contributed by atoms with van der Waals surface area (Å²) in [7, 11) is 0. The van der Waals surface area contributed by atoms with E-state index >= 15 is 0 Å². The van der Waals surface area contributed by atoms with Gasteiger partial charge in [-0.15, -0.1) is 0 Å². The molecule has 9 heteroatoms. The number of halogens is 7. The van der Waals surface area contributed by atoms with Gasteiger partial charge >= 0.3 is 18.0 Å². The van der Waals surface area contributed by atoms with Gasteiger partial charge in [0.1, 0.15) is 0 Å². The van der Waals surface area contributed by atoms with Crippen molar-refractivity contribution in [2.45, 2.75) is 69.3 Å². The predicted molar refractivity (Wildman–Crippen MR) is 64.0 cm³/mol. The summed E-state index contributed by atoms with van der Waals surface area (Å²) < 4.78 is 97.4. The second-order valence-corrected chi connectivity index (χ2v) is 5.25. The minimum absolute atomic E-state index is 0.0796. The van der Waals surface area contributed by atoms with Crippen molar-refractivity contribution in [2.75, 3.05) is 13.2 Å². The van der Waals surface area contributed by atoms with Gasteiger partial charge in [-0.2, -0.15) is 30.7 Å². The Balaban J connectivity index is 2.20. The average molecular weight is 340 g/mol. The molecular weight excluding hydrogens is 321 g/mol. The van der Waals surface area contributed by atoms with Crippen molar-refractivity contribution in [2.24, 2.45) is 0 Å². The predicted octanol–water partition coefficient (Wildman–Crippen LogP) is 4.92. The van der Waals surface area contributed by atoms with E-state index in [0.29, 0.717) is 13.0 Å². The number of ether oxygens (including phenoxy) is 2. The molecule has 0 saturated carbocycles. The van der Waals surface area contributed by atoms with Gasteiger partial charge in [0.05, 0.1) is 0 Å². The molecule has 0 spiro atoms. The molecule has 0 aromatic carbocycles. The first-order valence-electron chi connectivity index (χ1n) is 7.13. The summed E-state index contributed by atoms with van der Waals surface area (Å²) in [5.41, 5.74) is 0. The van der Waals surface area contributed by atoms with E-state index in [4.69, 9.17) is 9.47 Å². The molecule has 1 unspecified atom stereocenters. The van der Waals surface area contributed by atoms with E-state index < -0.39 is 30.9 Å². The molecule has 0 radical (unpaired) electrons. The van der Waals surface area contributed by atoms with Gasteiger partial charge < -0.3 is 9.47 Å². The zero-order chi connectivity index (χ0) is 16.9. The summed E-state index contributed by atoms with van der Waals surface area (Å²) in [6.07, 6.45) is -5.53. The molecule has 1 fully saturated rings. The SMILES string of the molecule is FC(F)(F)C(F)(F)C(F)(F)CCCCCOC1CCCCO1. The van der Waals surface area contributed by atoms with Gasteiger partial charge in [-0.1, -0.05) is 6.42 Å². The van der Waals surface area contributed by atoms with E-state index in [0.717, 1.165) is 19.3 Å². The van der Waals surface area contributed by atoms with Gasteiger partial charge in [0.25, 0.3) is 0 Å². The van der Waals surface area contributed by atoms with Crippen molar-refractivity contribution < 1.29 is 40.2 Å². The summed E-state index contributed by atoms with van der Waals surface area (Å²) >= 11 is 0. The smallest absolute Gasteiger partial charge is 0.353 e. The Labute approximate surface area is 123 Å². The van der Waals surface area contributed by atoms with E-state index in [9.17, 15) is 30.7 Å². The highest BCUT2D eigenvalue weighted by molar-refractivity contribution is 4.90. The van der Waals surface area contributed by atoms with Crippen LogP contribution in [0.3, 0.4) is 0 Å². The molecule has 0 aromatic rings. The van der Waals surface area contributed by atoms with E-state index in [1.165, 1.54) is 0 Å². The molecule has 1 aliphatic rings. The van der Waals surface area contributed by atoms with Crippen LogP contribution in [0.5, 0.6) is 0 Å². The highest BCUT2D eigenvalue weighted by atomic mass is 19.4. The number of alkyl halides is 7. The van der Waals surface area contributed by atoms with Crippen LogP contribution in [0.15, 0.2) is 0 Å². The van der Waals surface area contributed by atoms with Gasteiger partial charge in [0.2, 0.25) is 0 Å². The van der Waals surface area contributed by atoms with E-state index in [1.54, 1.807) is 0 Å². The fraction of sp³-hybridized carbons (Fsp3) is 1.00. The van der Waals surface area contributed by atoms with Crippen molar-refractivity contribution in [3.05, 3.63) is 0 Å². The highest BCUT2D eigenvalue weighted by Gasteiger charge is 2.72. The number of hydrogen-bond acceptors (Lipinski definition) is 2. The first kappa shape index (κ1) is 19.5.